The Balaban J connectivity index is 0.00000200. The molecule has 0 nitrogen and oxygen atoms in total. The van der Waals surface area contributed by atoms with E-state index in [0.717, 1.165) is 0 Å². The van der Waals surface area contributed by atoms with Crippen molar-refractivity contribution >= 4 is 12.4 Å². The third-order valence-corrected chi connectivity index (χ3v) is 7.59. The molecule has 20 heavy (non-hydrogen) atoms. The maximum absolute atomic E-state index is 2.38. The first kappa shape index (κ1) is 18.2. The van der Waals surface area contributed by atoms with Gasteiger partial charge in [0.25, 0.3) is 0 Å². The molecule has 0 unspecified atom stereocenters. The Hall–Kier alpha value is 0.133. The molecule has 2 aliphatic rings. The van der Waals surface area contributed by atoms with Crippen molar-refractivity contribution in [3.63, 3.8) is 0 Å². The molecule has 0 heterocycles. The van der Waals surface area contributed by atoms with Crippen LogP contribution >= 0.6 is 12.4 Å². The van der Waals surface area contributed by atoms with E-state index in [4.69, 9.17) is 0 Å². The quantitative estimate of drug-likeness (QED) is 0.559. The molecule has 2 heteroatoms. The maximum Gasteiger partial charge on any atom is -0.147 e. The average Bonchev–Trinajstić information content (AvgIpc) is 2.83. The normalized spacial score (nSPS) is 18.9. The molecule has 0 atom stereocenters. The van der Waals surface area contributed by atoms with Crippen LogP contribution in [0.3, 0.4) is 0 Å². The summed E-state index contributed by atoms with van der Waals surface area (Å²) in [5.41, 5.74) is 3.90. The molecule has 0 radical (unpaired) electrons. The van der Waals surface area contributed by atoms with Gasteiger partial charge in [-0.25, -0.2) is 0 Å². The minimum atomic E-state index is -0.575. The molecule has 0 fully saturated rings. The van der Waals surface area contributed by atoms with E-state index in [1.54, 1.807) is 17.7 Å². The fourth-order valence-electron chi connectivity index (χ4n) is 2.83. The Morgan fingerprint density at radius 3 is 1.40 bits per heavy atom. The van der Waals surface area contributed by atoms with Crippen LogP contribution in [0.15, 0.2) is 42.0 Å². The summed E-state index contributed by atoms with van der Waals surface area (Å²) in [6.07, 6.45) is 12.0. The first-order chi connectivity index (χ1) is 8.69. The van der Waals surface area contributed by atoms with Crippen molar-refractivity contribution in [2.75, 3.05) is 0 Å². The third-order valence-electron chi connectivity index (χ3n) is 3.78. The van der Waals surface area contributed by atoms with Crippen molar-refractivity contribution in [1.29, 1.82) is 0 Å². The summed E-state index contributed by atoms with van der Waals surface area (Å²) in [4.78, 5) is 0. The van der Waals surface area contributed by atoms with E-state index < -0.39 is 23.2 Å². The van der Waals surface area contributed by atoms with Gasteiger partial charge in [0.15, 0.2) is 0 Å². The molecule has 0 saturated carbocycles. The van der Waals surface area contributed by atoms with Crippen LogP contribution in [-0.4, -0.2) is 0 Å². The van der Waals surface area contributed by atoms with Crippen molar-refractivity contribution in [3.05, 3.63) is 42.0 Å². The maximum atomic E-state index is 2.38. The minimum Gasteiger partial charge on any atom is -0.147 e. The molecule has 0 amide bonds. The molecule has 0 bridgehead atoms. The molecular weight excluding hydrogens is 343 g/mol. The number of rotatable bonds is 2. The van der Waals surface area contributed by atoms with Gasteiger partial charge >= 0.3 is 130 Å². The third kappa shape index (κ3) is 4.08. The molecule has 0 spiro atoms. The van der Waals surface area contributed by atoms with E-state index in [2.05, 4.69) is 65.8 Å². The second-order valence-corrected chi connectivity index (χ2v) is 11.2. The molecule has 0 aromatic rings. The number of hydrogen-bond donors (Lipinski definition) is 0. The molecule has 0 aromatic heterocycles. The van der Waals surface area contributed by atoms with Crippen molar-refractivity contribution < 1.29 is 23.2 Å². The minimum absolute atomic E-state index is 0. The van der Waals surface area contributed by atoms with Crippen LogP contribution in [0.1, 0.15) is 54.4 Å². The SMILES string of the molecule is CC(C)(C)C1=[C]([Zr][C]2=C(C(C)(C)C)C=CC2)CC=C1.Cl. The predicted octanol–water partition coefficient (Wildman–Crippen LogP) is 6.01. The summed E-state index contributed by atoms with van der Waals surface area (Å²) in [6.45, 7) is 14.1. The zero-order valence-electron chi connectivity index (χ0n) is 13.6. The first-order valence-electron chi connectivity index (χ1n) is 7.27. The van der Waals surface area contributed by atoms with Crippen molar-refractivity contribution in [3.8, 4) is 0 Å². The summed E-state index contributed by atoms with van der Waals surface area (Å²) >= 11 is -0.575. The van der Waals surface area contributed by atoms with Gasteiger partial charge in [-0.15, -0.1) is 12.4 Å². The van der Waals surface area contributed by atoms with Gasteiger partial charge in [0, 0.05) is 0 Å². The van der Waals surface area contributed by atoms with Gasteiger partial charge in [-0.05, 0) is 0 Å². The van der Waals surface area contributed by atoms with Gasteiger partial charge < -0.3 is 0 Å². The van der Waals surface area contributed by atoms with E-state index in [0.29, 0.717) is 10.8 Å². The molecule has 0 aromatic carbocycles. The van der Waals surface area contributed by atoms with Crippen molar-refractivity contribution in [2.45, 2.75) is 54.4 Å². The van der Waals surface area contributed by atoms with Crippen LogP contribution < -0.4 is 0 Å². The Morgan fingerprint density at radius 1 is 0.750 bits per heavy atom. The van der Waals surface area contributed by atoms with Crippen LogP contribution in [0.4, 0.5) is 0 Å². The molecule has 0 N–H and O–H groups in total. The van der Waals surface area contributed by atoms with E-state index in [1.165, 1.54) is 12.8 Å². The first-order valence-corrected chi connectivity index (χ1v) is 9.73. The van der Waals surface area contributed by atoms with Crippen LogP contribution in [0, 0.1) is 10.8 Å². The fourth-order valence-corrected chi connectivity index (χ4v) is 7.73. The van der Waals surface area contributed by atoms with Crippen molar-refractivity contribution in [1.82, 2.24) is 0 Å². The summed E-state index contributed by atoms with van der Waals surface area (Å²) in [5.74, 6) is 0. The van der Waals surface area contributed by atoms with Crippen LogP contribution in [0.5, 0.6) is 0 Å². The molecular formula is C18H27ClZr. The van der Waals surface area contributed by atoms with Crippen LogP contribution in [-0.2, 0) is 23.2 Å². The van der Waals surface area contributed by atoms with Crippen LogP contribution in [0.2, 0.25) is 0 Å². The largest absolute Gasteiger partial charge is 0.147 e. The van der Waals surface area contributed by atoms with E-state index in [1.807, 2.05) is 0 Å². The smallest absolute Gasteiger partial charge is 0.147 e. The number of allylic oxidation sites excluding steroid dienone is 8. The molecule has 110 valence electrons. The Morgan fingerprint density at radius 2 is 1.10 bits per heavy atom. The van der Waals surface area contributed by atoms with Crippen LogP contribution in [0.25, 0.3) is 0 Å². The Kier molecular flexibility index (Phi) is 5.90. The van der Waals surface area contributed by atoms with Gasteiger partial charge in [0.2, 0.25) is 0 Å². The van der Waals surface area contributed by atoms with E-state index >= 15 is 0 Å². The Bertz CT molecular complexity index is 444. The second-order valence-electron chi connectivity index (χ2n) is 7.62. The van der Waals surface area contributed by atoms with Gasteiger partial charge in [-0.2, -0.15) is 0 Å². The van der Waals surface area contributed by atoms with E-state index in [-0.39, 0.29) is 12.4 Å². The zero-order chi connectivity index (χ0) is 14.3. The molecule has 0 aliphatic heterocycles. The molecule has 0 saturated heterocycles. The predicted molar refractivity (Wildman–Crippen MR) is 87.7 cm³/mol. The standard InChI is InChI=1S/2C9H13.ClH.Zr/c2*1-9(2,3)8-6-4-5-7-8;;/h2*4,6H,5H2,1-3H3;1H;. The van der Waals surface area contributed by atoms with Gasteiger partial charge in [-0.3, -0.25) is 0 Å². The fraction of sp³-hybridized carbons (Fsp3) is 0.556. The Labute approximate surface area is 142 Å². The monoisotopic (exact) mass is 368 g/mol. The summed E-state index contributed by atoms with van der Waals surface area (Å²) in [5, 5.41) is 0. The number of halogens is 1. The zero-order valence-corrected chi connectivity index (χ0v) is 16.9. The average molecular weight is 370 g/mol. The van der Waals surface area contributed by atoms with Crippen molar-refractivity contribution in [2.24, 2.45) is 10.8 Å². The van der Waals surface area contributed by atoms with Gasteiger partial charge in [0.1, 0.15) is 0 Å². The second kappa shape index (κ2) is 6.49. The summed E-state index contributed by atoms with van der Waals surface area (Å²) in [7, 11) is 0. The van der Waals surface area contributed by atoms with E-state index in [9.17, 15) is 0 Å². The van der Waals surface area contributed by atoms with Gasteiger partial charge in [-0.1, -0.05) is 0 Å². The topological polar surface area (TPSA) is 0 Å². The molecule has 2 rings (SSSR count). The summed E-state index contributed by atoms with van der Waals surface area (Å²) in [6, 6.07) is 0. The molecule has 2 aliphatic carbocycles. The number of hydrogen-bond acceptors (Lipinski definition) is 0. The summed E-state index contributed by atoms with van der Waals surface area (Å²) < 4.78 is 3.60. The van der Waals surface area contributed by atoms with Gasteiger partial charge in [0.05, 0.1) is 0 Å².